The van der Waals surface area contributed by atoms with Crippen molar-refractivity contribution in [3.8, 4) is 0 Å². The molecular formula is C17H15N5O2S2. The topological polar surface area (TPSA) is 97.6 Å². The Kier molecular flexibility index (Phi) is 4.56. The predicted octanol–water partition coefficient (Wildman–Crippen LogP) is 3.52. The fourth-order valence-electron chi connectivity index (χ4n) is 2.51. The Morgan fingerprint density at radius 3 is 2.92 bits per heavy atom. The Hall–Kier alpha value is -2.52. The second kappa shape index (κ2) is 7.00. The van der Waals surface area contributed by atoms with Gasteiger partial charge in [-0.25, -0.2) is 9.97 Å². The van der Waals surface area contributed by atoms with E-state index in [9.17, 15) is 4.79 Å². The van der Waals surface area contributed by atoms with Crippen LogP contribution in [0.1, 0.15) is 34.6 Å². The van der Waals surface area contributed by atoms with Gasteiger partial charge in [0.25, 0.3) is 10.8 Å². The number of benzene rings is 1. The van der Waals surface area contributed by atoms with Gasteiger partial charge in [0.2, 0.25) is 5.89 Å². The molecule has 3 heterocycles. The molecule has 0 aliphatic heterocycles. The minimum Gasteiger partial charge on any atom is -0.416 e. The summed E-state index contributed by atoms with van der Waals surface area (Å²) in [5, 5.41) is 12.0. The average molecular weight is 385 g/mol. The Morgan fingerprint density at radius 2 is 2.12 bits per heavy atom. The lowest BCUT2D eigenvalue weighted by molar-refractivity contribution is 0.418. The number of para-hydroxylation sites is 1. The highest BCUT2D eigenvalue weighted by Gasteiger charge is 2.17. The molecule has 9 heteroatoms. The molecule has 0 bridgehead atoms. The van der Waals surface area contributed by atoms with Crippen molar-refractivity contribution in [3.63, 3.8) is 0 Å². The fraction of sp³-hybridized carbons (Fsp3) is 0.235. The second-order valence-corrected chi connectivity index (χ2v) is 8.08. The highest BCUT2D eigenvalue weighted by atomic mass is 32.2. The minimum atomic E-state index is -0.150. The van der Waals surface area contributed by atoms with Crippen LogP contribution in [0.5, 0.6) is 0 Å². The van der Waals surface area contributed by atoms with Crippen LogP contribution in [0.4, 0.5) is 0 Å². The molecule has 0 radical (unpaired) electrons. The third-order valence-corrected chi connectivity index (χ3v) is 5.51. The maximum absolute atomic E-state index is 12.2. The third kappa shape index (κ3) is 3.54. The Bertz CT molecular complexity index is 1120. The number of aromatic nitrogens is 5. The average Bonchev–Trinajstić information content (AvgIpc) is 3.24. The van der Waals surface area contributed by atoms with E-state index in [2.05, 4.69) is 25.1 Å². The number of nitrogens with one attached hydrogen (secondary N) is 1. The summed E-state index contributed by atoms with van der Waals surface area (Å²) in [7, 11) is 0. The lowest BCUT2D eigenvalue weighted by atomic mass is 10.2. The van der Waals surface area contributed by atoms with E-state index < -0.39 is 0 Å². The summed E-state index contributed by atoms with van der Waals surface area (Å²) >= 11 is 2.95. The van der Waals surface area contributed by atoms with Crippen molar-refractivity contribution in [1.29, 1.82) is 0 Å². The van der Waals surface area contributed by atoms with Crippen LogP contribution in [0.3, 0.4) is 0 Å². The first-order chi connectivity index (χ1) is 12.6. The van der Waals surface area contributed by atoms with E-state index in [1.807, 2.05) is 37.4 Å². The number of H-pyrrole nitrogens is 1. The van der Waals surface area contributed by atoms with Gasteiger partial charge in [0, 0.05) is 5.38 Å². The summed E-state index contributed by atoms with van der Waals surface area (Å²) in [6, 6.07) is 7.26. The van der Waals surface area contributed by atoms with E-state index in [0.29, 0.717) is 34.3 Å². The van der Waals surface area contributed by atoms with Gasteiger partial charge in [-0.05, 0) is 26.0 Å². The normalized spacial score (nSPS) is 12.5. The van der Waals surface area contributed by atoms with Gasteiger partial charge in [-0.15, -0.1) is 21.5 Å². The Balaban J connectivity index is 1.51. The lowest BCUT2D eigenvalue weighted by Gasteiger charge is -2.08. The van der Waals surface area contributed by atoms with Crippen LogP contribution in [0, 0.1) is 6.92 Å². The predicted molar refractivity (Wildman–Crippen MR) is 101 cm³/mol. The summed E-state index contributed by atoms with van der Waals surface area (Å²) in [6.07, 6.45) is 0.511. The van der Waals surface area contributed by atoms with Crippen molar-refractivity contribution < 1.29 is 4.42 Å². The highest BCUT2D eigenvalue weighted by Crippen LogP contribution is 2.32. The van der Waals surface area contributed by atoms with Crippen LogP contribution < -0.4 is 5.56 Å². The number of thioether (sulfide) groups is 1. The van der Waals surface area contributed by atoms with Crippen LogP contribution in [-0.4, -0.2) is 25.1 Å². The zero-order valence-corrected chi connectivity index (χ0v) is 15.7. The van der Waals surface area contributed by atoms with E-state index in [1.54, 1.807) is 17.4 Å². The molecule has 4 rings (SSSR count). The van der Waals surface area contributed by atoms with E-state index in [-0.39, 0.29) is 10.8 Å². The van der Waals surface area contributed by atoms with Crippen molar-refractivity contribution in [3.05, 3.63) is 62.4 Å². The highest BCUT2D eigenvalue weighted by molar-refractivity contribution is 7.99. The largest absolute Gasteiger partial charge is 0.416 e. The SMILES string of the molecule is Cc1nc(Cc2nnc(SC(C)c3nc4ccccc4c(=O)[nH]3)o2)cs1. The number of fused-ring (bicyclic) bond motifs is 1. The summed E-state index contributed by atoms with van der Waals surface area (Å²) in [5.74, 6) is 1.10. The van der Waals surface area contributed by atoms with E-state index in [1.165, 1.54) is 11.8 Å². The Morgan fingerprint density at radius 1 is 1.27 bits per heavy atom. The fourth-order valence-corrected chi connectivity index (χ4v) is 3.88. The maximum atomic E-state index is 12.2. The number of nitrogens with zero attached hydrogens (tertiary/aromatic N) is 4. The molecular weight excluding hydrogens is 370 g/mol. The molecule has 0 aliphatic carbocycles. The van der Waals surface area contributed by atoms with Crippen LogP contribution in [0.2, 0.25) is 0 Å². The third-order valence-electron chi connectivity index (χ3n) is 3.74. The molecule has 0 saturated heterocycles. The first-order valence-electron chi connectivity index (χ1n) is 7.97. The van der Waals surface area contributed by atoms with Crippen LogP contribution in [0.15, 0.2) is 44.1 Å². The number of rotatable bonds is 5. The summed E-state index contributed by atoms with van der Waals surface area (Å²) in [5.41, 5.74) is 1.44. The number of aryl methyl sites for hydroxylation is 1. The molecule has 3 aromatic heterocycles. The van der Waals surface area contributed by atoms with Gasteiger partial charge in [0.1, 0.15) is 5.82 Å². The van der Waals surface area contributed by atoms with Gasteiger partial charge in [-0.1, -0.05) is 23.9 Å². The van der Waals surface area contributed by atoms with Gasteiger partial charge in [0.05, 0.1) is 33.3 Å². The monoisotopic (exact) mass is 385 g/mol. The zero-order chi connectivity index (χ0) is 18.1. The molecule has 4 aromatic rings. The molecule has 0 amide bonds. The van der Waals surface area contributed by atoms with Crippen molar-refractivity contribution in [2.24, 2.45) is 0 Å². The number of aromatic amines is 1. The smallest absolute Gasteiger partial charge is 0.277 e. The maximum Gasteiger partial charge on any atom is 0.277 e. The van der Waals surface area contributed by atoms with Crippen molar-refractivity contribution in [2.45, 2.75) is 30.7 Å². The molecule has 0 saturated carbocycles. The molecule has 26 heavy (non-hydrogen) atoms. The minimum absolute atomic E-state index is 0.137. The number of hydrogen-bond acceptors (Lipinski definition) is 8. The molecule has 1 aromatic carbocycles. The quantitative estimate of drug-likeness (QED) is 0.525. The number of thiazole rings is 1. The molecule has 7 nitrogen and oxygen atoms in total. The van der Waals surface area contributed by atoms with Crippen molar-refractivity contribution in [1.82, 2.24) is 25.1 Å². The van der Waals surface area contributed by atoms with Crippen LogP contribution >= 0.6 is 23.1 Å². The van der Waals surface area contributed by atoms with Crippen LogP contribution in [0.25, 0.3) is 10.9 Å². The van der Waals surface area contributed by atoms with Gasteiger partial charge in [-0.2, -0.15) is 0 Å². The first kappa shape index (κ1) is 16.9. The lowest BCUT2D eigenvalue weighted by Crippen LogP contribution is -2.12. The summed E-state index contributed by atoms with van der Waals surface area (Å²) < 4.78 is 5.69. The van der Waals surface area contributed by atoms with E-state index in [0.717, 1.165) is 10.7 Å². The van der Waals surface area contributed by atoms with Crippen molar-refractivity contribution in [2.75, 3.05) is 0 Å². The second-order valence-electron chi connectivity index (χ2n) is 5.72. The van der Waals surface area contributed by atoms with Crippen molar-refractivity contribution >= 4 is 34.0 Å². The summed E-state index contributed by atoms with van der Waals surface area (Å²) in [4.78, 5) is 24.0. The molecule has 1 unspecified atom stereocenters. The van der Waals surface area contributed by atoms with Gasteiger partial charge >= 0.3 is 0 Å². The van der Waals surface area contributed by atoms with E-state index in [4.69, 9.17) is 4.42 Å². The molecule has 132 valence electrons. The van der Waals surface area contributed by atoms with Gasteiger partial charge < -0.3 is 9.40 Å². The molecule has 0 fully saturated rings. The van der Waals surface area contributed by atoms with E-state index >= 15 is 0 Å². The number of hydrogen-bond donors (Lipinski definition) is 1. The molecule has 1 atom stereocenters. The molecule has 0 spiro atoms. The van der Waals surface area contributed by atoms with Crippen LogP contribution in [-0.2, 0) is 6.42 Å². The molecule has 1 N–H and O–H groups in total. The molecule has 0 aliphatic rings. The first-order valence-corrected chi connectivity index (χ1v) is 9.73. The standard InChI is InChI=1S/C17H15N5O2S2/c1-9(15-19-13-6-4-3-5-12(13)16(23)20-15)26-17-22-21-14(24-17)7-11-8-25-10(2)18-11/h3-6,8-9H,7H2,1-2H3,(H,19,20,23). The Labute approximate surface area is 156 Å². The zero-order valence-electron chi connectivity index (χ0n) is 14.1. The van der Waals surface area contributed by atoms with Gasteiger partial charge in [0.15, 0.2) is 0 Å². The van der Waals surface area contributed by atoms with Gasteiger partial charge in [-0.3, -0.25) is 4.79 Å². The summed E-state index contributed by atoms with van der Waals surface area (Å²) in [6.45, 7) is 3.90.